The van der Waals surface area contributed by atoms with Crippen molar-refractivity contribution in [3.05, 3.63) is 66.0 Å². The molecule has 3 aromatic rings. The van der Waals surface area contributed by atoms with E-state index in [1.54, 1.807) is 12.1 Å². The number of anilines is 1. The number of sulfone groups is 1. The maximum absolute atomic E-state index is 13.1. The molecule has 2 heterocycles. The normalized spacial score (nSPS) is 14.1. The molecular weight excluding hydrogens is 386 g/mol. The second-order valence-corrected chi connectivity index (χ2v) is 9.33. The summed E-state index contributed by atoms with van der Waals surface area (Å²) >= 11 is 0. The Labute approximate surface area is 170 Å². The molecule has 0 bridgehead atoms. The molecule has 7 heteroatoms. The zero-order chi connectivity index (χ0) is 20.4. The molecule has 1 aliphatic rings. The van der Waals surface area contributed by atoms with Gasteiger partial charge in [-0.2, -0.15) is 0 Å². The van der Waals surface area contributed by atoms with E-state index in [1.807, 2.05) is 30.3 Å². The van der Waals surface area contributed by atoms with Gasteiger partial charge in [-0.15, -0.1) is 0 Å². The average Bonchev–Trinajstić information content (AvgIpc) is 2.89. The van der Waals surface area contributed by atoms with E-state index in [0.717, 1.165) is 55.6 Å². The molecule has 2 aromatic carbocycles. The highest BCUT2D eigenvalue weighted by Crippen LogP contribution is 2.28. The number of fused-ring (bicyclic) bond motifs is 1. The third-order valence-corrected chi connectivity index (χ3v) is 6.25. The second-order valence-electron chi connectivity index (χ2n) is 7.31. The van der Waals surface area contributed by atoms with Crippen molar-refractivity contribution in [1.82, 2.24) is 9.55 Å². The topological polar surface area (TPSA) is 81.1 Å². The van der Waals surface area contributed by atoms with Gasteiger partial charge in [-0.25, -0.2) is 13.4 Å². The van der Waals surface area contributed by atoms with Gasteiger partial charge < -0.3 is 9.88 Å². The highest BCUT2D eigenvalue weighted by Gasteiger charge is 2.24. The number of carbonyl (C=O) groups is 1. The number of benzene rings is 2. The fourth-order valence-corrected chi connectivity index (χ4v) is 4.37. The van der Waals surface area contributed by atoms with Crippen molar-refractivity contribution in [3.63, 3.8) is 0 Å². The van der Waals surface area contributed by atoms with E-state index in [9.17, 15) is 13.2 Å². The lowest BCUT2D eigenvalue weighted by atomic mass is 10.1. The van der Waals surface area contributed by atoms with Crippen LogP contribution in [0.2, 0.25) is 0 Å². The molecule has 0 atom stereocenters. The maximum atomic E-state index is 13.1. The van der Waals surface area contributed by atoms with Crippen LogP contribution in [0.5, 0.6) is 0 Å². The van der Waals surface area contributed by atoms with E-state index in [0.29, 0.717) is 11.4 Å². The summed E-state index contributed by atoms with van der Waals surface area (Å²) in [5.41, 5.74) is 2.77. The largest absolute Gasteiger partial charge is 0.327 e. The fourth-order valence-electron chi connectivity index (χ4n) is 3.70. The summed E-state index contributed by atoms with van der Waals surface area (Å²) in [4.78, 5) is 17.9. The molecule has 1 aliphatic heterocycles. The summed E-state index contributed by atoms with van der Waals surface area (Å²) < 4.78 is 25.8. The van der Waals surface area contributed by atoms with E-state index in [2.05, 4.69) is 9.88 Å². The lowest BCUT2D eigenvalue weighted by Gasteiger charge is -2.09. The zero-order valence-electron chi connectivity index (χ0n) is 16.3. The number of imidazole rings is 1. The Morgan fingerprint density at radius 1 is 1.03 bits per heavy atom. The molecule has 0 saturated heterocycles. The Morgan fingerprint density at radius 2 is 1.83 bits per heavy atom. The molecule has 0 radical (unpaired) electrons. The minimum absolute atomic E-state index is 0.170. The quantitative estimate of drug-likeness (QED) is 0.708. The fraction of sp³-hybridized carbons (Fsp3) is 0.273. The molecule has 150 valence electrons. The van der Waals surface area contributed by atoms with Gasteiger partial charge in [0.1, 0.15) is 11.5 Å². The van der Waals surface area contributed by atoms with Crippen LogP contribution < -0.4 is 5.32 Å². The number of nitrogens with zero attached hydrogens (tertiary/aromatic N) is 2. The van der Waals surface area contributed by atoms with Crippen LogP contribution in [0.1, 0.15) is 35.4 Å². The van der Waals surface area contributed by atoms with Crippen LogP contribution in [0.25, 0.3) is 11.4 Å². The molecule has 6 nitrogen and oxygen atoms in total. The van der Waals surface area contributed by atoms with Gasteiger partial charge in [-0.05, 0) is 37.5 Å². The molecular formula is C22H23N3O3S. The molecule has 0 aliphatic carbocycles. The first-order valence-corrected chi connectivity index (χ1v) is 11.6. The number of rotatable bonds is 4. The molecule has 0 saturated carbocycles. The van der Waals surface area contributed by atoms with Crippen molar-refractivity contribution in [1.29, 1.82) is 0 Å². The lowest BCUT2D eigenvalue weighted by molar-refractivity contribution is 0.102. The minimum Gasteiger partial charge on any atom is -0.327 e. The Hall–Kier alpha value is -2.93. The predicted molar refractivity (Wildman–Crippen MR) is 113 cm³/mol. The van der Waals surface area contributed by atoms with Crippen LogP contribution in [0.3, 0.4) is 0 Å². The third-order valence-electron chi connectivity index (χ3n) is 5.13. The van der Waals surface area contributed by atoms with Crippen molar-refractivity contribution in [2.24, 2.45) is 0 Å². The number of hydrogen-bond donors (Lipinski definition) is 1. The van der Waals surface area contributed by atoms with Crippen LogP contribution in [-0.4, -0.2) is 30.1 Å². The number of carbonyl (C=O) groups excluding carboxylic acids is 1. The Bertz CT molecular complexity index is 1150. The smallest absolute Gasteiger partial charge is 0.276 e. The summed E-state index contributed by atoms with van der Waals surface area (Å²) in [6, 6.07) is 16.2. The van der Waals surface area contributed by atoms with Gasteiger partial charge in [0, 0.05) is 24.1 Å². The summed E-state index contributed by atoms with van der Waals surface area (Å²) in [6.07, 6.45) is 5.14. The summed E-state index contributed by atoms with van der Waals surface area (Å²) in [7, 11) is -3.35. The number of hydrogen-bond acceptors (Lipinski definition) is 4. The predicted octanol–water partition coefficient (Wildman–Crippen LogP) is 3.93. The van der Waals surface area contributed by atoms with E-state index in [1.165, 1.54) is 12.1 Å². The Kier molecular flexibility index (Phi) is 5.24. The zero-order valence-corrected chi connectivity index (χ0v) is 17.1. The molecule has 0 unspecified atom stereocenters. The van der Waals surface area contributed by atoms with Gasteiger partial charge in [0.15, 0.2) is 9.84 Å². The van der Waals surface area contributed by atoms with Crippen LogP contribution in [-0.2, 0) is 22.8 Å². The second kappa shape index (κ2) is 7.83. The standard InChI is InChI=1S/C22H23N3O3S/c1-29(27,28)18-12-8-11-17(15-18)23-22(26)20-19-13-6-3-7-14-25(19)21(24-20)16-9-4-2-5-10-16/h2,4-5,8-12,15H,3,6-7,13-14H2,1H3,(H,23,26). The van der Waals surface area contributed by atoms with Gasteiger partial charge in [0.2, 0.25) is 0 Å². The Morgan fingerprint density at radius 3 is 2.59 bits per heavy atom. The summed E-state index contributed by atoms with van der Waals surface area (Å²) in [5.74, 6) is 0.487. The summed E-state index contributed by atoms with van der Waals surface area (Å²) in [5, 5.41) is 2.83. The minimum atomic E-state index is -3.35. The number of nitrogens with one attached hydrogen (secondary N) is 1. The van der Waals surface area contributed by atoms with Crippen molar-refractivity contribution in [3.8, 4) is 11.4 Å². The van der Waals surface area contributed by atoms with Crippen LogP contribution in [0.4, 0.5) is 5.69 Å². The van der Waals surface area contributed by atoms with Crippen molar-refractivity contribution in [2.45, 2.75) is 37.1 Å². The van der Waals surface area contributed by atoms with Crippen LogP contribution in [0, 0.1) is 0 Å². The molecule has 4 rings (SSSR count). The van der Waals surface area contributed by atoms with Gasteiger partial charge in [0.05, 0.1) is 10.6 Å². The lowest BCUT2D eigenvalue weighted by Crippen LogP contribution is -2.15. The van der Waals surface area contributed by atoms with E-state index in [4.69, 9.17) is 4.98 Å². The monoisotopic (exact) mass is 409 g/mol. The van der Waals surface area contributed by atoms with Gasteiger partial charge >= 0.3 is 0 Å². The molecule has 1 amide bonds. The van der Waals surface area contributed by atoms with E-state index < -0.39 is 9.84 Å². The number of amides is 1. The Balaban J connectivity index is 1.71. The van der Waals surface area contributed by atoms with Crippen LogP contribution >= 0.6 is 0 Å². The van der Waals surface area contributed by atoms with Crippen LogP contribution in [0.15, 0.2) is 59.5 Å². The third kappa shape index (κ3) is 4.10. The average molecular weight is 410 g/mol. The van der Waals surface area contributed by atoms with Gasteiger partial charge in [0.25, 0.3) is 5.91 Å². The molecule has 0 fully saturated rings. The van der Waals surface area contributed by atoms with Crippen molar-refractivity contribution < 1.29 is 13.2 Å². The highest BCUT2D eigenvalue weighted by molar-refractivity contribution is 7.90. The SMILES string of the molecule is CS(=O)(=O)c1cccc(NC(=O)c2nc(-c3ccccc3)n3c2CCCCC3)c1. The molecule has 1 aromatic heterocycles. The molecule has 29 heavy (non-hydrogen) atoms. The van der Waals surface area contributed by atoms with Crippen molar-refractivity contribution in [2.75, 3.05) is 11.6 Å². The first-order valence-electron chi connectivity index (χ1n) is 9.70. The van der Waals surface area contributed by atoms with E-state index in [-0.39, 0.29) is 10.8 Å². The molecule has 1 N–H and O–H groups in total. The van der Waals surface area contributed by atoms with E-state index >= 15 is 0 Å². The van der Waals surface area contributed by atoms with Crippen molar-refractivity contribution >= 4 is 21.4 Å². The highest BCUT2D eigenvalue weighted by atomic mass is 32.2. The molecule has 0 spiro atoms. The maximum Gasteiger partial charge on any atom is 0.276 e. The van der Waals surface area contributed by atoms with Gasteiger partial charge in [-0.1, -0.05) is 42.8 Å². The first-order chi connectivity index (χ1) is 13.9. The number of aromatic nitrogens is 2. The van der Waals surface area contributed by atoms with Gasteiger partial charge in [-0.3, -0.25) is 4.79 Å². The first kappa shape index (κ1) is 19.4. The summed E-state index contributed by atoms with van der Waals surface area (Å²) in [6.45, 7) is 0.837.